The Morgan fingerprint density at radius 3 is 2.33 bits per heavy atom. The molecule has 0 aliphatic carbocycles. The summed E-state index contributed by atoms with van der Waals surface area (Å²) in [5.41, 5.74) is 1.01. The number of nitrogens with zero attached hydrogens (tertiary/aromatic N) is 3. The zero-order valence-corrected chi connectivity index (χ0v) is 10.5. The summed E-state index contributed by atoms with van der Waals surface area (Å²) in [5, 5.41) is 0. The van der Waals surface area contributed by atoms with Crippen LogP contribution in [0.15, 0.2) is 29.8 Å². The first-order valence-corrected chi connectivity index (χ1v) is 5.20. The molecule has 0 fully saturated rings. The quantitative estimate of drug-likeness (QED) is 0.376. The molecule has 15 heavy (non-hydrogen) atoms. The Morgan fingerprint density at radius 2 is 1.93 bits per heavy atom. The van der Waals surface area contributed by atoms with Crippen molar-refractivity contribution in [2.75, 3.05) is 40.8 Å². The van der Waals surface area contributed by atoms with Gasteiger partial charge >= 0.3 is 0 Å². The van der Waals surface area contributed by atoms with Gasteiger partial charge in [-0.15, -0.1) is 0 Å². The molecule has 0 saturated heterocycles. The summed E-state index contributed by atoms with van der Waals surface area (Å²) in [6, 6.07) is 0. The Labute approximate surface area is 93.8 Å². The highest BCUT2D eigenvalue weighted by Gasteiger charge is 2.07. The van der Waals surface area contributed by atoms with Crippen molar-refractivity contribution >= 4 is 5.84 Å². The Hall–Kier alpha value is -1.09. The lowest BCUT2D eigenvalue weighted by molar-refractivity contribution is 0.382. The number of amidine groups is 1. The van der Waals surface area contributed by atoms with Gasteiger partial charge < -0.3 is 4.90 Å². The van der Waals surface area contributed by atoms with Gasteiger partial charge in [0.15, 0.2) is 0 Å². The molecule has 3 nitrogen and oxygen atoms in total. The van der Waals surface area contributed by atoms with Gasteiger partial charge in [0, 0.05) is 20.6 Å². The van der Waals surface area contributed by atoms with Gasteiger partial charge in [-0.05, 0) is 19.2 Å². The molecule has 0 aromatic heterocycles. The van der Waals surface area contributed by atoms with E-state index in [1.54, 1.807) is 6.08 Å². The van der Waals surface area contributed by atoms with Crippen molar-refractivity contribution in [3.63, 3.8) is 0 Å². The standard InChI is InChI=1S/C12H23N3/c1-7-11(3)9-15(6)12(13-4)10-14(5)8-2/h7H,1,3,8-10H2,2,4-6H3/b13-12-. The van der Waals surface area contributed by atoms with Crippen LogP contribution in [0, 0.1) is 0 Å². The van der Waals surface area contributed by atoms with Gasteiger partial charge in [0.05, 0.1) is 6.54 Å². The first-order chi connectivity index (χ1) is 7.04. The van der Waals surface area contributed by atoms with Gasteiger partial charge in [-0.2, -0.15) is 0 Å². The zero-order chi connectivity index (χ0) is 11.8. The van der Waals surface area contributed by atoms with Gasteiger partial charge in [0.1, 0.15) is 5.84 Å². The minimum Gasteiger partial charge on any atom is -0.358 e. The first-order valence-electron chi connectivity index (χ1n) is 5.20. The molecule has 0 aromatic rings. The van der Waals surface area contributed by atoms with E-state index in [4.69, 9.17) is 0 Å². The van der Waals surface area contributed by atoms with Crippen molar-refractivity contribution in [2.24, 2.45) is 4.99 Å². The van der Waals surface area contributed by atoms with Crippen molar-refractivity contribution < 1.29 is 0 Å². The average Bonchev–Trinajstić information content (AvgIpc) is 2.24. The lowest BCUT2D eigenvalue weighted by atomic mass is 10.3. The van der Waals surface area contributed by atoms with Crippen LogP contribution in [0.4, 0.5) is 0 Å². The van der Waals surface area contributed by atoms with E-state index >= 15 is 0 Å². The predicted molar refractivity (Wildman–Crippen MR) is 68.5 cm³/mol. The summed E-state index contributed by atoms with van der Waals surface area (Å²) in [5.74, 6) is 1.07. The van der Waals surface area contributed by atoms with Crippen LogP contribution in [-0.2, 0) is 0 Å². The third-order valence-electron chi connectivity index (χ3n) is 2.38. The van der Waals surface area contributed by atoms with Gasteiger partial charge in [-0.3, -0.25) is 9.89 Å². The van der Waals surface area contributed by atoms with E-state index in [1.165, 1.54) is 0 Å². The summed E-state index contributed by atoms with van der Waals surface area (Å²) in [6.45, 7) is 12.4. The van der Waals surface area contributed by atoms with Crippen LogP contribution >= 0.6 is 0 Å². The molecule has 0 aliphatic heterocycles. The lowest BCUT2D eigenvalue weighted by Gasteiger charge is -2.24. The van der Waals surface area contributed by atoms with E-state index < -0.39 is 0 Å². The van der Waals surface area contributed by atoms with E-state index in [-0.39, 0.29) is 0 Å². The highest BCUT2D eigenvalue weighted by atomic mass is 15.2. The summed E-state index contributed by atoms with van der Waals surface area (Å²) in [7, 11) is 5.94. The minimum atomic E-state index is 0.785. The molecule has 0 spiro atoms. The molecule has 0 heterocycles. The summed E-state index contributed by atoms with van der Waals surface area (Å²) in [4.78, 5) is 8.61. The molecule has 0 N–H and O–H groups in total. The largest absolute Gasteiger partial charge is 0.358 e. The maximum atomic E-state index is 4.29. The molecule has 0 amide bonds. The van der Waals surface area contributed by atoms with E-state index in [0.717, 1.165) is 31.0 Å². The molecule has 86 valence electrons. The van der Waals surface area contributed by atoms with Gasteiger partial charge in [-0.1, -0.05) is 26.2 Å². The van der Waals surface area contributed by atoms with Crippen molar-refractivity contribution in [3.8, 4) is 0 Å². The Kier molecular flexibility index (Phi) is 6.71. The molecule has 0 aromatic carbocycles. The monoisotopic (exact) mass is 209 g/mol. The maximum Gasteiger partial charge on any atom is 0.113 e. The fraction of sp³-hybridized carbons (Fsp3) is 0.583. The van der Waals surface area contributed by atoms with Gasteiger partial charge in [0.2, 0.25) is 0 Å². The van der Waals surface area contributed by atoms with Crippen molar-refractivity contribution in [1.82, 2.24) is 9.80 Å². The van der Waals surface area contributed by atoms with Crippen LogP contribution in [0.25, 0.3) is 0 Å². The van der Waals surface area contributed by atoms with Crippen LogP contribution in [0.2, 0.25) is 0 Å². The topological polar surface area (TPSA) is 18.8 Å². The first kappa shape index (κ1) is 13.9. The average molecular weight is 209 g/mol. The minimum absolute atomic E-state index is 0.785. The lowest BCUT2D eigenvalue weighted by Crippen LogP contribution is -2.37. The smallest absolute Gasteiger partial charge is 0.113 e. The third-order valence-corrected chi connectivity index (χ3v) is 2.38. The molecule has 3 heteroatoms. The van der Waals surface area contributed by atoms with E-state index in [2.05, 4.69) is 41.9 Å². The summed E-state index contributed by atoms with van der Waals surface area (Å²) in [6.07, 6.45) is 1.79. The van der Waals surface area contributed by atoms with Crippen molar-refractivity contribution in [3.05, 3.63) is 24.8 Å². The summed E-state index contributed by atoms with van der Waals surface area (Å²) < 4.78 is 0. The molecule has 0 rings (SSSR count). The second-order valence-electron chi connectivity index (χ2n) is 3.69. The second kappa shape index (κ2) is 7.23. The zero-order valence-electron chi connectivity index (χ0n) is 10.5. The fourth-order valence-corrected chi connectivity index (χ4v) is 1.18. The van der Waals surface area contributed by atoms with Crippen LogP contribution in [0.5, 0.6) is 0 Å². The molecule has 0 unspecified atom stereocenters. The molecule has 0 atom stereocenters. The maximum absolute atomic E-state index is 4.29. The van der Waals surface area contributed by atoms with Crippen molar-refractivity contribution in [1.29, 1.82) is 0 Å². The second-order valence-corrected chi connectivity index (χ2v) is 3.69. The Morgan fingerprint density at radius 1 is 1.33 bits per heavy atom. The number of rotatable bonds is 6. The van der Waals surface area contributed by atoms with Crippen molar-refractivity contribution in [2.45, 2.75) is 6.92 Å². The molecular formula is C12H23N3. The number of aliphatic imine (C=N–C) groups is 1. The number of likely N-dealkylation sites (N-methyl/N-ethyl adjacent to an activating group) is 2. The van der Waals surface area contributed by atoms with Crippen LogP contribution in [0.3, 0.4) is 0 Å². The molecule has 0 aliphatic rings. The SMILES string of the molecule is C=CC(=C)CN(C)/C(CN(C)CC)=N\C. The fourth-order valence-electron chi connectivity index (χ4n) is 1.18. The molecular weight excluding hydrogens is 186 g/mol. The van der Waals surface area contributed by atoms with Crippen LogP contribution < -0.4 is 0 Å². The Bertz CT molecular complexity index is 243. The highest BCUT2D eigenvalue weighted by molar-refractivity contribution is 5.84. The van der Waals surface area contributed by atoms with Gasteiger partial charge in [-0.25, -0.2) is 0 Å². The normalized spacial score (nSPS) is 11.7. The number of hydrogen-bond donors (Lipinski definition) is 0. The van der Waals surface area contributed by atoms with E-state index in [9.17, 15) is 0 Å². The number of hydrogen-bond acceptors (Lipinski definition) is 2. The van der Waals surface area contributed by atoms with Crippen LogP contribution in [-0.4, -0.2) is 56.4 Å². The Balaban J connectivity index is 4.29. The van der Waals surface area contributed by atoms with E-state index in [1.807, 2.05) is 14.1 Å². The van der Waals surface area contributed by atoms with Crippen LogP contribution in [0.1, 0.15) is 6.92 Å². The highest BCUT2D eigenvalue weighted by Crippen LogP contribution is 1.98. The predicted octanol–water partition coefficient (Wildman–Crippen LogP) is 1.64. The summed E-state index contributed by atoms with van der Waals surface area (Å²) >= 11 is 0. The molecule has 0 radical (unpaired) electrons. The molecule has 0 saturated carbocycles. The molecule has 0 bridgehead atoms. The van der Waals surface area contributed by atoms with Gasteiger partial charge in [0.25, 0.3) is 0 Å². The third kappa shape index (κ3) is 5.37. The van der Waals surface area contributed by atoms with E-state index in [0.29, 0.717) is 0 Å².